The maximum Gasteiger partial charge on any atom is 0.125 e. The van der Waals surface area contributed by atoms with Crippen LogP contribution in [0, 0.1) is 11.2 Å². The maximum absolute atomic E-state index is 13.6. The predicted octanol–water partition coefficient (Wildman–Crippen LogP) is 4.19. The van der Waals surface area contributed by atoms with Gasteiger partial charge in [0.05, 0.1) is 5.69 Å². The fraction of sp³-hybridized carbons (Fsp3) is 0.625. The molecular weight excluding hydrogens is 319 g/mol. The number of piperazine rings is 1. The van der Waals surface area contributed by atoms with Crippen LogP contribution in [0.4, 0.5) is 10.1 Å². The number of nitrogens with one attached hydrogen (secondary N) is 1. The lowest BCUT2D eigenvalue weighted by molar-refractivity contribution is 0.233. The van der Waals surface area contributed by atoms with Crippen molar-refractivity contribution in [2.45, 2.75) is 46.2 Å². The molecular formula is C16H24BrFN2. The van der Waals surface area contributed by atoms with Crippen molar-refractivity contribution in [3.63, 3.8) is 0 Å². The minimum atomic E-state index is -0.177. The van der Waals surface area contributed by atoms with Crippen molar-refractivity contribution in [1.29, 1.82) is 0 Å². The fourth-order valence-corrected chi connectivity index (χ4v) is 3.22. The molecule has 2 atom stereocenters. The highest BCUT2D eigenvalue weighted by atomic mass is 79.9. The molecule has 1 saturated heterocycles. The molecule has 2 unspecified atom stereocenters. The van der Waals surface area contributed by atoms with Crippen molar-refractivity contribution in [3.05, 3.63) is 28.5 Å². The van der Waals surface area contributed by atoms with E-state index < -0.39 is 0 Å². The lowest BCUT2D eigenvalue weighted by Gasteiger charge is -2.46. The highest BCUT2D eigenvalue weighted by molar-refractivity contribution is 9.10. The molecule has 1 N–H and O–H groups in total. The fourth-order valence-electron chi connectivity index (χ4n) is 2.74. The first-order chi connectivity index (χ1) is 9.32. The van der Waals surface area contributed by atoms with E-state index in [0.717, 1.165) is 29.7 Å². The third-order valence-electron chi connectivity index (χ3n) is 4.15. The van der Waals surface area contributed by atoms with Gasteiger partial charge in [0.25, 0.3) is 0 Å². The molecule has 1 aliphatic heterocycles. The second kappa shape index (κ2) is 6.02. The van der Waals surface area contributed by atoms with Crippen molar-refractivity contribution in [2.75, 3.05) is 18.0 Å². The first kappa shape index (κ1) is 15.8. The van der Waals surface area contributed by atoms with E-state index in [9.17, 15) is 4.39 Å². The molecule has 0 aromatic heterocycles. The van der Waals surface area contributed by atoms with E-state index in [1.165, 1.54) is 6.07 Å². The zero-order valence-electron chi connectivity index (χ0n) is 12.7. The Morgan fingerprint density at radius 1 is 1.40 bits per heavy atom. The van der Waals surface area contributed by atoms with Crippen molar-refractivity contribution < 1.29 is 4.39 Å². The largest absolute Gasteiger partial charge is 0.365 e. The number of hydrogen-bond acceptors (Lipinski definition) is 2. The Bertz CT molecular complexity index is 470. The molecule has 2 rings (SSSR count). The predicted molar refractivity (Wildman–Crippen MR) is 86.8 cm³/mol. The first-order valence-electron chi connectivity index (χ1n) is 7.28. The number of halogens is 2. The Morgan fingerprint density at radius 3 is 2.70 bits per heavy atom. The Kier molecular flexibility index (Phi) is 4.75. The molecule has 1 heterocycles. The van der Waals surface area contributed by atoms with Crippen LogP contribution in [0.15, 0.2) is 22.7 Å². The molecule has 1 fully saturated rings. The van der Waals surface area contributed by atoms with Gasteiger partial charge in [-0.1, -0.05) is 27.7 Å². The van der Waals surface area contributed by atoms with Gasteiger partial charge in [-0.05, 0) is 46.0 Å². The monoisotopic (exact) mass is 342 g/mol. The molecule has 0 bridgehead atoms. The Balaban J connectivity index is 2.32. The lowest BCUT2D eigenvalue weighted by Crippen LogP contribution is -2.60. The molecule has 0 radical (unpaired) electrons. The van der Waals surface area contributed by atoms with Gasteiger partial charge in [-0.3, -0.25) is 0 Å². The van der Waals surface area contributed by atoms with Crippen molar-refractivity contribution in [1.82, 2.24) is 5.32 Å². The zero-order chi connectivity index (χ0) is 14.9. The Labute approximate surface area is 129 Å². The smallest absolute Gasteiger partial charge is 0.125 e. The van der Waals surface area contributed by atoms with Gasteiger partial charge < -0.3 is 10.2 Å². The number of benzene rings is 1. The number of nitrogens with zero attached hydrogens (tertiary/aromatic N) is 1. The average molecular weight is 343 g/mol. The maximum atomic E-state index is 13.6. The summed E-state index contributed by atoms with van der Waals surface area (Å²) in [5, 5.41) is 3.64. The van der Waals surface area contributed by atoms with Crippen LogP contribution in [0.5, 0.6) is 0 Å². The molecule has 2 nitrogen and oxygen atoms in total. The lowest BCUT2D eigenvalue weighted by atomic mass is 9.84. The molecule has 0 spiro atoms. The van der Waals surface area contributed by atoms with E-state index in [4.69, 9.17) is 0 Å². The quantitative estimate of drug-likeness (QED) is 0.866. The van der Waals surface area contributed by atoms with Gasteiger partial charge >= 0.3 is 0 Å². The number of anilines is 1. The Hall–Kier alpha value is -0.610. The second-order valence-corrected chi connectivity index (χ2v) is 7.49. The summed E-state index contributed by atoms with van der Waals surface area (Å²) in [6.45, 7) is 10.8. The highest BCUT2D eigenvalue weighted by Crippen LogP contribution is 2.33. The van der Waals surface area contributed by atoms with Crippen LogP contribution in [0.3, 0.4) is 0 Å². The van der Waals surface area contributed by atoms with Crippen LogP contribution >= 0.6 is 15.9 Å². The van der Waals surface area contributed by atoms with E-state index in [1.807, 2.05) is 0 Å². The number of rotatable bonds is 2. The average Bonchev–Trinajstić information content (AvgIpc) is 2.40. The van der Waals surface area contributed by atoms with Crippen LogP contribution in [-0.4, -0.2) is 25.2 Å². The molecule has 20 heavy (non-hydrogen) atoms. The van der Waals surface area contributed by atoms with Crippen LogP contribution in [0.2, 0.25) is 0 Å². The van der Waals surface area contributed by atoms with E-state index >= 15 is 0 Å². The summed E-state index contributed by atoms with van der Waals surface area (Å²) in [4.78, 5) is 2.35. The minimum absolute atomic E-state index is 0.177. The topological polar surface area (TPSA) is 15.3 Å². The van der Waals surface area contributed by atoms with Gasteiger partial charge in [-0.15, -0.1) is 0 Å². The summed E-state index contributed by atoms with van der Waals surface area (Å²) in [7, 11) is 0. The van der Waals surface area contributed by atoms with Crippen LogP contribution in [0.25, 0.3) is 0 Å². The van der Waals surface area contributed by atoms with Crippen molar-refractivity contribution in [2.24, 2.45) is 5.41 Å². The zero-order valence-corrected chi connectivity index (χ0v) is 14.3. The number of hydrogen-bond donors (Lipinski definition) is 1. The van der Waals surface area contributed by atoms with E-state index in [2.05, 4.69) is 53.8 Å². The van der Waals surface area contributed by atoms with Crippen LogP contribution in [0.1, 0.15) is 34.1 Å². The second-order valence-electron chi connectivity index (χ2n) is 6.64. The summed E-state index contributed by atoms with van der Waals surface area (Å²) < 4.78 is 14.6. The molecule has 4 heteroatoms. The summed E-state index contributed by atoms with van der Waals surface area (Å²) in [6.07, 6.45) is 1.05. The third-order valence-corrected chi connectivity index (χ3v) is 4.82. The van der Waals surface area contributed by atoms with Gasteiger partial charge in [0.15, 0.2) is 0 Å². The van der Waals surface area contributed by atoms with Crippen LogP contribution in [-0.2, 0) is 0 Å². The standard InChI is InChI=1S/C16H24BrFN2/c1-5-12-9-19-15(16(2,3)4)10-20(12)14-8-11(18)6-7-13(14)17/h6-8,12,15,19H,5,9-10H2,1-4H3. The SMILES string of the molecule is CCC1CNC(C(C)(C)C)CN1c1cc(F)ccc1Br. The summed E-state index contributed by atoms with van der Waals surface area (Å²) in [5.74, 6) is -0.177. The molecule has 0 amide bonds. The molecule has 112 valence electrons. The van der Waals surface area contributed by atoms with Gasteiger partial charge in [-0.2, -0.15) is 0 Å². The molecule has 1 aliphatic rings. The van der Waals surface area contributed by atoms with E-state index in [-0.39, 0.29) is 11.2 Å². The van der Waals surface area contributed by atoms with Gasteiger partial charge in [0, 0.05) is 29.6 Å². The molecule has 1 aromatic carbocycles. The molecule has 1 aromatic rings. The molecule has 0 aliphatic carbocycles. The third kappa shape index (κ3) is 3.34. The first-order valence-corrected chi connectivity index (χ1v) is 8.07. The van der Waals surface area contributed by atoms with E-state index in [1.54, 1.807) is 12.1 Å². The van der Waals surface area contributed by atoms with Gasteiger partial charge in [0.1, 0.15) is 5.82 Å². The Morgan fingerprint density at radius 2 is 2.10 bits per heavy atom. The summed E-state index contributed by atoms with van der Waals surface area (Å²) >= 11 is 3.56. The van der Waals surface area contributed by atoms with Crippen LogP contribution < -0.4 is 10.2 Å². The summed E-state index contributed by atoms with van der Waals surface area (Å²) in [6, 6.07) is 5.74. The summed E-state index contributed by atoms with van der Waals surface area (Å²) in [5.41, 5.74) is 1.16. The van der Waals surface area contributed by atoms with Crippen molar-refractivity contribution >= 4 is 21.6 Å². The normalized spacial score (nSPS) is 24.0. The van der Waals surface area contributed by atoms with Gasteiger partial charge in [-0.25, -0.2) is 4.39 Å². The van der Waals surface area contributed by atoms with Gasteiger partial charge in [0.2, 0.25) is 0 Å². The highest BCUT2D eigenvalue weighted by Gasteiger charge is 2.34. The van der Waals surface area contributed by atoms with E-state index in [0.29, 0.717) is 12.1 Å². The minimum Gasteiger partial charge on any atom is -0.365 e. The molecule has 0 saturated carbocycles. The van der Waals surface area contributed by atoms with Crippen molar-refractivity contribution in [3.8, 4) is 0 Å².